The predicted octanol–water partition coefficient (Wildman–Crippen LogP) is 3.90. The fraction of sp³-hybridized carbons (Fsp3) is 0.107. The molecule has 0 spiro atoms. The molecule has 0 unspecified atom stereocenters. The number of aryl methyl sites for hydroxylation is 1. The quantitative estimate of drug-likeness (QED) is 0.383. The zero-order chi connectivity index (χ0) is 25.1. The van der Waals surface area contributed by atoms with Crippen LogP contribution in [0, 0.1) is 11.8 Å². The first-order chi connectivity index (χ1) is 17.5. The first-order valence-electron chi connectivity index (χ1n) is 11.4. The van der Waals surface area contributed by atoms with E-state index in [4.69, 9.17) is 10.7 Å². The van der Waals surface area contributed by atoms with Crippen molar-refractivity contribution < 1.29 is 4.79 Å². The Balaban J connectivity index is 1.59. The largest absolute Gasteiger partial charge is 0.382 e. The van der Waals surface area contributed by atoms with E-state index in [1.54, 1.807) is 10.9 Å². The lowest BCUT2D eigenvalue weighted by Gasteiger charge is -2.19. The van der Waals surface area contributed by atoms with Gasteiger partial charge >= 0.3 is 0 Å². The van der Waals surface area contributed by atoms with Crippen molar-refractivity contribution in [2.75, 3.05) is 5.73 Å². The van der Waals surface area contributed by atoms with Crippen molar-refractivity contribution in [1.29, 1.82) is 0 Å². The van der Waals surface area contributed by atoms with E-state index in [-0.39, 0.29) is 11.5 Å². The lowest BCUT2D eigenvalue weighted by Crippen LogP contribution is -2.29. The van der Waals surface area contributed by atoms with Gasteiger partial charge in [-0.3, -0.25) is 9.48 Å². The number of pyridine rings is 1. The van der Waals surface area contributed by atoms with Crippen molar-refractivity contribution >= 4 is 22.6 Å². The molecule has 1 amide bonds. The number of anilines is 1. The molecule has 0 aliphatic rings. The summed E-state index contributed by atoms with van der Waals surface area (Å²) in [5.74, 6) is 6.11. The molecule has 0 bridgehead atoms. The number of fused-ring (bicyclic) bond motifs is 1. The van der Waals surface area contributed by atoms with E-state index in [2.05, 4.69) is 38.3 Å². The molecular formula is C28H23N7O. The van der Waals surface area contributed by atoms with E-state index < -0.39 is 11.9 Å². The molecule has 36 heavy (non-hydrogen) atoms. The summed E-state index contributed by atoms with van der Waals surface area (Å²) in [6.07, 6.45) is 6.49. The molecule has 2 aromatic carbocycles. The molecule has 8 nitrogen and oxygen atoms in total. The summed E-state index contributed by atoms with van der Waals surface area (Å²) in [5, 5.41) is 8.07. The van der Waals surface area contributed by atoms with Gasteiger partial charge in [0.15, 0.2) is 11.5 Å². The SMILES string of the molecule is C[C@H](NC(=O)c1nccnc1N)c1nc2cccc(C#Cc3cnn(C)c3)c2cc1-c1ccccc1. The van der Waals surface area contributed by atoms with E-state index in [0.717, 1.165) is 38.9 Å². The minimum atomic E-state index is -0.427. The highest BCUT2D eigenvalue weighted by Gasteiger charge is 2.20. The summed E-state index contributed by atoms with van der Waals surface area (Å²) in [5.41, 5.74) is 11.0. The number of nitrogens with two attached hydrogens (primary N) is 1. The van der Waals surface area contributed by atoms with Crippen molar-refractivity contribution in [1.82, 2.24) is 30.0 Å². The fourth-order valence-electron chi connectivity index (χ4n) is 3.98. The van der Waals surface area contributed by atoms with Gasteiger partial charge in [0.25, 0.3) is 5.91 Å². The Morgan fingerprint density at radius 3 is 2.61 bits per heavy atom. The standard InChI is InChI=1S/C28H23N7O/c1-18(33-28(36)26-27(29)31-14-13-30-26)25-23(20-7-4-3-5-8-20)15-22-21(9-6-10-24(22)34-25)12-11-19-16-32-35(2)17-19/h3-10,13-18H,1-2H3,(H2,29,31)(H,33,36)/t18-/m0/s1. The Labute approximate surface area is 208 Å². The number of nitrogens with zero attached hydrogens (tertiary/aromatic N) is 5. The van der Waals surface area contributed by atoms with Gasteiger partial charge in [-0.2, -0.15) is 5.10 Å². The monoisotopic (exact) mass is 473 g/mol. The first kappa shape index (κ1) is 22.7. The molecule has 0 saturated heterocycles. The molecule has 0 aliphatic heterocycles. The highest BCUT2D eigenvalue weighted by Crippen LogP contribution is 2.31. The Morgan fingerprint density at radius 1 is 1.06 bits per heavy atom. The molecule has 3 heterocycles. The maximum Gasteiger partial charge on any atom is 0.274 e. The third-order valence-corrected chi connectivity index (χ3v) is 5.72. The van der Waals surface area contributed by atoms with Gasteiger partial charge in [-0.1, -0.05) is 48.2 Å². The topological polar surface area (TPSA) is 112 Å². The molecule has 5 aromatic rings. The number of rotatable bonds is 4. The molecule has 0 radical (unpaired) electrons. The van der Waals surface area contributed by atoms with Crippen LogP contribution >= 0.6 is 0 Å². The van der Waals surface area contributed by atoms with Gasteiger partial charge in [0.05, 0.1) is 29.0 Å². The van der Waals surface area contributed by atoms with Crippen LogP contribution < -0.4 is 11.1 Å². The summed E-state index contributed by atoms with van der Waals surface area (Å²) in [6.45, 7) is 1.89. The maximum absolute atomic E-state index is 12.9. The number of carbonyl (C=O) groups excluding carboxylic acids is 1. The highest BCUT2D eigenvalue weighted by atomic mass is 16.2. The van der Waals surface area contributed by atoms with Gasteiger partial charge in [-0.25, -0.2) is 15.0 Å². The van der Waals surface area contributed by atoms with Gasteiger partial charge in [-0.05, 0) is 30.7 Å². The van der Waals surface area contributed by atoms with Gasteiger partial charge < -0.3 is 11.1 Å². The van der Waals surface area contributed by atoms with E-state index in [9.17, 15) is 4.79 Å². The molecule has 3 aromatic heterocycles. The van der Waals surface area contributed by atoms with E-state index >= 15 is 0 Å². The van der Waals surface area contributed by atoms with E-state index in [1.807, 2.05) is 68.7 Å². The number of hydrogen-bond donors (Lipinski definition) is 2. The van der Waals surface area contributed by atoms with Crippen LogP contribution in [0.1, 0.15) is 40.3 Å². The number of hydrogen-bond acceptors (Lipinski definition) is 6. The highest BCUT2D eigenvalue weighted by molar-refractivity contribution is 5.96. The van der Waals surface area contributed by atoms with Crippen LogP contribution in [0.25, 0.3) is 22.0 Å². The molecule has 3 N–H and O–H groups in total. The van der Waals surface area contributed by atoms with Crippen LogP contribution in [0.15, 0.2) is 79.4 Å². The summed E-state index contributed by atoms with van der Waals surface area (Å²) in [6, 6.07) is 17.5. The van der Waals surface area contributed by atoms with E-state index in [0.29, 0.717) is 0 Å². The Hall–Kier alpha value is -5.03. The van der Waals surface area contributed by atoms with Crippen LogP contribution in [-0.4, -0.2) is 30.6 Å². The second kappa shape index (κ2) is 9.68. The molecule has 1 atom stereocenters. The van der Waals surface area contributed by atoms with Crippen LogP contribution in [0.3, 0.4) is 0 Å². The second-order valence-corrected chi connectivity index (χ2v) is 8.30. The summed E-state index contributed by atoms with van der Waals surface area (Å²) < 4.78 is 1.72. The molecule has 176 valence electrons. The summed E-state index contributed by atoms with van der Waals surface area (Å²) >= 11 is 0. The van der Waals surface area contributed by atoms with Crippen molar-refractivity contribution in [3.63, 3.8) is 0 Å². The van der Waals surface area contributed by atoms with Gasteiger partial charge in [0, 0.05) is 42.2 Å². The summed E-state index contributed by atoms with van der Waals surface area (Å²) in [7, 11) is 1.86. The number of aromatic nitrogens is 5. The van der Waals surface area contributed by atoms with Crippen LogP contribution in [0.2, 0.25) is 0 Å². The number of carbonyl (C=O) groups is 1. The van der Waals surface area contributed by atoms with Gasteiger partial charge in [-0.15, -0.1) is 0 Å². The molecular weight excluding hydrogens is 450 g/mol. The van der Waals surface area contributed by atoms with Gasteiger partial charge in [0.2, 0.25) is 0 Å². The predicted molar refractivity (Wildman–Crippen MR) is 139 cm³/mol. The Bertz CT molecular complexity index is 1630. The average Bonchev–Trinajstić information content (AvgIpc) is 3.32. The lowest BCUT2D eigenvalue weighted by molar-refractivity contribution is 0.0935. The minimum Gasteiger partial charge on any atom is -0.382 e. The number of amides is 1. The second-order valence-electron chi connectivity index (χ2n) is 8.30. The summed E-state index contributed by atoms with van der Waals surface area (Å²) in [4.78, 5) is 25.9. The third-order valence-electron chi connectivity index (χ3n) is 5.72. The zero-order valence-corrected chi connectivity index (χ0v) is 19.8. The average molecular weight is 474 g/mol. The molecule has 0 fully saturated rings. The van der Waals surface area contributed by atoms with Gasteiger partial charge in [0.1, 0.15) is 0 Å². The normalized spacial score (nSPS) is 11.5. The van der Waals surface area contributed by atoms with Crippen LogP contribution in [-0.2, 0) is 7.05 Å². The Kier molecular flexibility index (Phi) is 6.12. The molecule has 5 rings (SSSR count). The van der Waals surface area contributed by atoms with Crippen LogP contribution in [0.5, 0.6) is 0 Å². The van der Waals surface area contributed by atoms with E-state index in [1.165, 1.54) is 12.4 Å². The fourth-order valence-corrected chi connectivity index (χ4v) is 3.98. The number of benzene rings is 2. The molecule has 0 aliphatic carbocycles. The Morgan fingerprint density at radius 2 is 1.86 bits per heavy atom. The lowest BCUT2D eigenvalue weighted by atomic mass is 9.96. The number of nitrogens with one attached hydrogen (secondary N) is 1. The van der Waals surface area contributed by atoms with Crippen molar-refractivity contribution in [2.24, 2.45) is 7.05 Å². The van der Waals surface area contributed by atoms with Crippen molar-refractivity contribution in [2.45, 2.75) is 13.0 Å². The third kappa shape index (κ3) is 4.63. The minimum absolute atomic E-state index is 0.0776. The van der Waals surface area contributed by atoms with Crippen LogP contribution in [0.4, 0.5) is 5.82 Å². The van der Waals surface area contributed by atoms with Crippen molar-refractivity contribution in [3.05, 3.63) is 102 Å². The first-order valence-corrected chi connectivity index (χ1v) is 11.4. The number of nitrogen functional groups attached to an aromatic ring is 1. The maximum atomic E-state index is 12.9. The molecule has 8 heteroatoms. The molecule has 0 saturated carbocycles. The smallest absolute Gasteiger partial charge is 0.274 e. The zero-order valence-electron chi connectivity index (χ0n) is 19.8. The van der Waals surface area contributed by atoms with Crippen molar-refractivity contribution in [3.8, 4) is 23.0 Å².